The van der Waals surface area contributed by atoms with Crippen molar-refractivity contribution in [1.82, 2.24) is 0 Å². The molecule has 0 rings (SSSR count). The third-order valence-electron chi connectivity index (χ3n) is 1.90. The van der Waals surface area contributed by atoms with Crippen LogP contribution in [-0.4, -0.2) is 17.1 Å². The van der Waals surface area contributed by atoms with Crippen molar-refractivity contribution in [2.24, 2.45) is 17.6 Å². The van der Waals surface area contributed by atoms with Gasteiger partial charge in [0.25, 0.3) is 0 Å². The normalized spacial score (nSPS) is 16.5. The van der Waals surface area contributed by atoms with Crippen LogP contribution in [0.5, 0.6) is 0 Å². The van der Waals surface area contributed by atoms with Crippen LogP contribution in [0.1, 0.15) is 27.2 Å². The second-order valence-corrected chi connectivity index (χ2v) is 3.38. The van der Waals surface area contributed by atoms with Crippen LogP contribution in [0.4, 0.5) is 0 Å². The number of aliphatic carboxylic acids is 1. The summed E-state index contributed by atoms with van der Waals surface area (Å²) in [6.45, 7) is 5.68. The quantitative estimate of drug-likeness (QED) is 0.645. The molecule has 2 unspecified atom stereocenters. The molecule has 0 spiro atoms. The monoisotopic (exact) mass is 159 g/mol. The maximum absolute atomic E-state index is 10.4. The van der Waals surface area contributed by atoms with Crippen LogP contribution in [0.15, 0.2) is 0 Å². The highest BCUT2D eigenvalue weighted by atomic mass is 16.4. The molecule has 0 aliphatic carbocycles. The lowest BCUT2D eigenvalue weighted by Crippen LogP contribution is -2.30. The Labute approximate surface area is 67.6 Å². The van der Waals surface area contributed by atoms with Crippen LogP contribution in [0, 0.1) is 11.8 Å². The Morgan fingerprint density at radius 3 is 2.18 bits per heavy atom. The lowest BCUT2D eigenvalue weighted by molar-refractivity contribution is -0.141. The van der Waals surface area contributed by atoms with Crippen molar-refractivity contribution >= 4 is 5.97 Å². The summed E-state index contributed by atoms with van der Waals surface area (Å²) >= 11 is 0. The maximum atomic E-state index is 10.4. The second-order valence-electron chi connectivity index (χ2n) is 3.38. The molecule has 2 atom stereocenters. The zero-order valence-corrected chi connectivity index (χ0v) is 7.37. The SMILES string of the molecule is CC(CC(N)C(C)C)C(=O)O. The van der Waals surface area contributed by atoms with Gasteiger partial charge in [0.05, 0.1) is 5.92 Å². The molecule has 0 amide bonds. The Balaban J connectivity index is 3.75. The number of hydrogen-bond donors (Lipinski definition) is 2. The molecule has 66 valence electrons. The number of rotatable bonds is 4. The third kappa shape index (κ3) is 3.98. The number of carboxylic acids is 1. The van der Waals surface area contributed by atoms with Gasteiger partial charge >= 0.3 is 5.97 Å². The van der Waals surface area contributed by atoms with Crippen LogP contribution in [0.3, 0.4) is 0 Å². The van der Waals surface area contributed by atoms with E-state index < -0.39 is 5.97 Å². The van der Waals surface area contributed by atoms with Gasteiger partial charge in [-0.25, -0.2) is 0 Å². The van der Waals surface area contributed by atoms with Gasteiger partial charge in [-0.2, -0.15) is 0 Å². The van der Waals surface area contributed by atoms with Crippen molar-refractivity contribution < 1.29 is 9.90 Å². The van der Waals surface area contributed by atoms with E-state index in [-0.39, 0.29) is 12.0 Å². The molecule has 0 radical (unpaired) electrons. The van der Waals surface area contributed by atoms with Crippen LogP contribution in [0.2, 0.25) is 0 Å². The summed E-state index contributed by atoms with van der Waals surface area (Å²) in [5.41, 5.74) is 5.69. The van der Waals surface area contributed by atoms with E-state index in [0.717, 1.165) is 0 Å². The Hall–Kier alpha value is -0.570. The Morgan fingerprint density at radius 2 is 1.91 bits per heavy atom. The molecule has 11 heavy (non-hydrogen) atoms. The molecule has 0 aromatic rings. The molecule has 3 N–H and O–H groups in total. The molecule has 0 saturated heterocycles. The lowest BCUT2D eigenvalue weighted by atomic mass is 9.95. The van der Waals surface area contributed by atoms with E-state index in [4.69, 9.17) is 10.8 Å². The molecule has 3 heteroatoms. The van der Waals surface area contributed by atoms with Crippen LogP contribution >= 0.6 is 0 Å². The summed E-state index contributed by atoms with van der Waals surface area (Å²) in [5, 5.41) is 8.56. The summed E-state index contributed by atoms with van der Waals surface area (Å²) in [4.78, 5) is 10.4. The Morgan fingerprint density at radius 1 is 1.45 bits per heavy atom. The molecule has 0 heterocycles. The van der Waals surface area contributed by atoms with Gasteiger partial charge in [0.2, 0.25) is 0 Å². The standard InChI is InChI=1S/C8H17NO2/c1-5(2)7(9)4-6(3)8(10)11/h5-7H,4,9H2,1-3H3,(H,10,11). The molecular formula is C8H17NO2. The van der Waals surface area contributed by atoms with Gasteiger partial charge in [0, 0.05) is 6.04 Å². The summed E-state index contributed by atoms with van der Waals surface area (Å²) in [6, 6.07) is 0.00102. The van der Waals surface area contributed by atoms with Crippen LogP contribution < -0.4 is 5.73 Å². The van der Waals surface area contributed by atoms with Crippen molar-refractivity contribution in [3.63, 3.8) is 0 Å². The van der Waals surface area contributed by atoms with E-state index in [1.54, 1.807) is 6.92 Å². The van der Waals surface area contributed by atoms with Crippen molar-refractivity contribution in [2.75, 3.05) is 0 Å². The van der Waals surface area contributed by atoms with Crippen LogP contribution in [0.25, 0.3) is 0 Å². The fourth-order valence-electron chi connectivity index (χ4n) is 0.781. The minimum absolute atomic E-state index is 0.00102. The van der Waals surface area contributed by atoms with E-state index in [2.05, 4.69) is 0 Å². The zero-order valence-electron chi connectivity index (χ0n) is 7.37. The highest BCUT2D eigenvalue weighted by Crippen LogP contribution is 2.10. The second kappa shape index (κ2) is 4.34. The minimum Gasteiger partial charge on any atom is -0.481 e. The fraction of sp³-hybridized carbons (Fsp3) is 0.875. The van der Waals surface area contributed by atoms with Gasteiger partial charge in [-0.15, -0.1) is 0 Å². The summed E-state index contributed by atoms with van der Waals surface area (Å²) in [6.07, 6.45) is 0.562. The molecule has 0 aliphatic rings. The Bertz CT molecular complexity index is 134. The number of carbonyl (C=O) groups is 1. The molecule has 0 aromatic carbocycles. The molecule has 0 aromatic heterocycles. The van der Waals surface area contributed by atoms with E-state index in [0.29, 0.717) is 12.3 Å². The summed E-state index contributed by atoms with van der Waals surface area (Å²) in [5.74, 6) is -0.731. The van der Waals surface area contributed by atoms with Crippen molar-refractivity contribution in [3.8, 4) is 0 Å². The number of carboxylic acid groups (broad SMARTS) is 1. The summed E-state index contributed by atoms with van der Waals surface area (Å²) < 4.78 is 0. The van der Waals surface area contributed by atoms with Crippen LogP contribution in [-0.2, 0) is 4.79 Å². The van der Waals surface area contributed by atoms with E-state index in [1.807, 2.05) is 13.8 Å². The highest BCUT2D eigenvalue weighted by molar-refractivity contribution is 5.69. The van der Waals surface area contributed by atoms with Crippen molar-refractivity contribution in [1.29, 1.82) is 0 Å². The van der Waals surface area contributed by atoms with Gasteiger partial charge in [0.15, 0.2) is 0 Å². The third-order valence-corrected chi connectivity index (χ3v) is 1.90. The highest BCUT2D eigenvalue weighted by Gasteiger charge is 2.17. The lowest BCUT2D eigenvalue weighted by Gasteiger charge is -2.17. The van der Waals surface area contributed by atoms with E-state index in [9.17, 15) is 4.79 Å². The molecular weight excluding hydrogens is 142 g/mol. The van der Waals surface area contributed by atoms with Gasteiger partial charge in [-0.3, -0.25) is 4.79 Å². The van der Waals surface area contributed by atoms with Crippen molar-refractivity contribution in [2.45, 2.75) is 33.2 Å². The van der Waals surface area contributed by atoms with E-state index >= 15 is 0 Å². The first-order valence-corrected chi connectivity index (χ1v) is 3.93. The number of nitrogens with two attached hydrogens (primary N) is 1. The van der Waals surface area contributed by atoms with Gasteiger partial charge < -0.3 is 10.8 Å². The zero-order chi connectivity index (χ0) is 9.02. The number of hydrogen-bond acceptors (Lipinski definition) is 2. The first-order valence-electron chi connectivity index (χ1n) is 3.93. The predicted octanol–water partition coefficient (Wildman–Crippen LogP) is 1.08. The topological polar surface area (TPSA) is 63.3 Å². The van der Waals surface area contributed by atoms with Gasteiger partial charge in [0.1, 0.15) is 0 Å². The first kappa shape index (κ1) is 10.4. The largest absolute Gasteiger partial charge is 0.481 e. The van der Waals surface area contributed by atoms with Crippen molar-refractivity contribution in [3.05, 3.63) is 0 Å². The maximum Gasteiger partial charge on any atom is 0.306 e. The van der Waals surface area contributed by atoms with E-state index in [1.165, 1.54) is 0 Å². The van der Waals surface area contributed by atoms with Gasteiger partial charge in [-0.1, -0.05) is 20.8 Å². The average molecular weight is 159 g/mol. The van der Waals surface area contributed by atoms with Gasteiger partial charge in [-0.05, 0) is 12.3 Å². The molecule has 3 nitrogen and oxygen atoms in total. The molecule has 0 fully saturated rings. The smallest absolute Gasteiger partial charge is 0.306 e. The Kier molecular flexibility index (Phi) is 4.11. The average Bonchev–Trinajstić information content (AvgIpc) is 1.87. The molecule has 0 aliphatic heterocycles. The molecule has 0 saturated carbocycles. The fourth-order valence-corrected chi connectivity index (χ4v) is 0.781. The molecule has 0 bridgehead atoms. The summed E-state index contributed by atoms with van der Waals surface area (Å²) in [7, 11) is 0. The minimum atomic E-state index is -0.763. The predicted molar refractivity (Wildman–Crippen MR) is 44.2 cm³/mol. The first-order chi connectivity index (χ1) is 4.95.